The van der Waals surface area contributed by atoms with Gasteiger partial charge in [-0.3, -0.25) is 0 Å². The van der Waals surface area contributed by atoms with Crippen LogP contribution < -0.4 is 44.8 Å². The van der Waals surface area contributed by atoms with Crippen molar-refractivity contribution in [2.75, 3.05) is 39.6 Å². The third-order valence-electron chi connectivity index (χ3n) is 15.1. The van der Waals surface area contributed by atoms with E-state index in [2.05, 4.69) is 39.5 Å². The molecule has 6 aliphatic rings. The molecule has 2 bridgehead atoms. The molecule has 3 heterocycles. The van der Waals surface area contributed by atoms with Crippen LogP contribution in [0.2, 0.25) is 0 Å². The third kappa shape index (κ3) is 14.8. The predicted octanol–water partition coefficient (Wildman–Crippen LogP) is 11.2. The topological polar surface area (TPSA) is 111 Å². The largest absolute Gasteiger partial charge is 0.502 e. The van der Waals surface area contributed by atoms with Crippen LogP contribution in [0.3, 0.4) is 0 Å². The highest BCUT2D eigenvalue weighted by molar-refractivity contribution is 6.65. The fourth-order valence-electron chi connectivity index (χ4n) is 11.3. The molecule has 3 aliphatic heterocycles. The van der Waals surface area contributed by atoms with Crippen molar-refractivity contribution in [2.45, 2.75) is 152 Å². The summed E-state index contributed by atoms with van der Waals surface area (Å²) in [6.45, 7) is 26.6. The second-order valence-electron chi connectivity index (χ2n) is 20.6. The van der Waals surface area contributed by atoms with Crippen molar-refractivity contribution in [1.82, 2.24) is 0 Å². The van der Waals surface area contributed by atoms with Crippen LogP contribution in [0.5, 0.6) is 34.5 Å². The lowest BCUT2D eigenvalue weighted by Crippen LogP contribution is -2.70. The second-order valence-corrected chi connectivity index (χ2v) is 20.6. The lowest BCUT2D eigenvalue weighted by Gasteiger charge is -2.55. The molecule has 3 saturated carbocycles. The van der Waals surface area contributed by atoms with E-state index in [4.69, 9.17) is 56.3 Å². The first-order valence-electron chi connectivity index (χ1n) is 28.8. The molecule has 3 saturated heterocycles. The van der Waals surface area contributed by atoms with Crippen molar-refractivity contribution in [2.24, 2.45) is 11.8 Å². The molecule has 3 aromatic rings. The van der Waals surface area contributed by atoms with Gasteiger partial charge in [-0.15, -0.1) is 39.5 Å². The van der Waals surface area contributed by atoms with E-state index in [0.29, 0.717) is 74.1 Å². The summed E-state index contributed by atoms with van der Waals surface area (Å²) in [5.41, 5.74) is 2.18. The third-order valence-corrected chi connectivity index (χ3v) is 15.1. The fraction of sp³-hybridized carbons (Fsp3) is 0.516. The Morgan fingerprint density at radius 2 is 0.481 bits per heavy atom. The number of unbranched alkanes of at least 4 members (excludes halogenated alkanes) is 12. The van der Waals surface area contributed by atoms with Gasteiger partial charge in [-0.1, -0.05) is 54.7 Å². The molecular weight excluding hydrogens is 969 g/mol. The Hall–Kier alpha value is -5.15. The Bertz CT molecular complexity index is 1960. The summed E-state index contributed by atoms with van der Waals surface area (Å²) in [5, 5.41) is 0. The van der Waals surface area contributed by atoms with Crippen molar-refractivity contribution < 1.29 is 56.3 Å². The van der Waals surface area contributed by atoms with Gasteiger partial charge in [0.2, 0.25) is 0 Å². The Labute approximate surface area is 460 Å². The Morgan fingerprint density at radius 1 is 0.299 bits per heavy atom. The van der Waals surface area contributed by atoms with Gasteiger partial charge in [0, 0.05) is 11.8 Å². The van der Waals surface area contributed by atoms with Crippen LogP contribution >= 0.6 is 0 Å². The molecule has 0 aromatic heterocycles. The number of benzene rings is 3. The maximum Gasteiger partial charge on any atom is 0.502 e. The number of hydrogen-bond acceptors (Lipinski definition) is 12. The molecule has 0 N–H and O–H groups in total. The summed E-state index contributed by atoms with van der Waals surface area (Å²) in [6, 6.07) is 17.8. The summed E-state index contributed by atoms with van der Waals surface area (Å²) >= 11 is 0. The average Bonchev–Trinajstić information content (AvgIpc) is 4.38. The van der Waals surface area contributed by atoms with Crippen LogP contribution in [0, 0.1) is 11.8 Å². The molecule has 15 heteroatoms. The number of allylic oxidation sites excluding steroid dienone is 6. The zero-order valence-electron chi connectivity index (χ0n) is 45.6. The predicted molar refractivity (Wildman–Crippen MR) is 309 cm³/mol. The van der Waals surface area contributed by atoms with Crippen LogP contribution in [0.15, 0.2) is 131 Å². The van der Waals surface area contributed by atoms with Gasteiger partial charge in [0.05, 0.1) is 92.7 Å². The maximum atomic E-state index is 7.28. The zero-order chi connectivity index (χ0) is 53.6. The van der Waals surface area contributed by atoms with E-state index >= 15 is 0 Å². The highest BCUT2D eigenvalue weighted by Gasteiger charge is 2.73. The minimum Gasteiger partial charge on any atom is -0.494 e. The van der Waals surface area contributed by atoms with E-state index in [1.54, 1.807) is 0 Å². The minimum absolute atomic E-state index is 0.402. The van der Waals surface area contributed by atoms with E-state index in [0.717, 1.165) is 132 Å². The summed E-state index contributed by atoms with van der Waals surface area (Å²) < 4.78 is 83.1. The molecule has 3 aromatic carbocycles. The van der Waals surface area contributed by atoms with E-state index in [1.165, 1.54) is 0 Å². The zero-order valence-corrected chi connectivity index (χ0v) is 45.6. The highest BCUT2D eigenvalue weighted by atomic mass is 16.7. The molecular formula is C62H83B3O12. The quantitative estimate of drug-likeness (QED) is 0.0308. The lowest BCUT2D eigenvalue weighted by molar-refractivity contribution is -0.192. The van der Waals surface area contributed by atoms with Crippen LogP contribution in [0.25, 0.3) is 0 Å². The molecule has 0 unspecified atom stereocenters. The lowest BCUT2D eigenvalue weighted by atomic mass is 9.61. The number of rotatable bonds is 39. The van der Waals surface area contributed by atoms with Crippen LogP contribution in [-0.4, -0.2) is 97.6 Å². The van der Waals surface area contributed by atoms with Crippen molar-refractivity contribution in [3.63, 3.8) is 0 Å². The van der Waals surface area contributed by atoms with E-state index in [9.17, 15) is 0 Å². The summed E-state index contributed by atoms with van der Waals surface area (Å²) in [4.78, 5) is 0. The van der Waals surface area contributed by atoms with Crippen molar-refractivity contribution >= 4 is 37.7 Å². The van der Waals surface area contributed by atoms with Gasteiger partial charge >= 0.3 is 21.4 Å². The Kier molecular flexibility index (Phi) is 23.2. The first kappa shape index (κ1) is 58.0. The van der Waals surface area contributed by atoms with Gasteiger partial charge in [-0.2, -0.15) is 0 Å². The Morgan fingerprint density at radius 3 is 0.649 bits per heavy atom. The average molecular weight is 1050 g/mol. The first-order valence-corrected chi connectivity index (χ1v) is 28.8. The summed E-state index contributed by atoms with van der Waals surface area (Å²) in [5.74, 6) is 3.20. The molecule has 3 aliphatic carbocycles. The molecule has 0 radical (unpaired) electrons. The number of hydrogen-bond donors (Lipinski definition) is 0. The van der Waals surface area contributed by atoms with E-state index in [1.807, 2.05) is 91.1 Å². The monoisotopic (exact) mass is 1050 g/mol. The molecule has 412 valence electrons. The van der Waals surface area contributed by atoms with E-state index < -0.39 is 69.8 Å². The smallest absolute Gasteiger partial charge is 0.494 e. The molecule has 0 spiro atoms. The van der Waals surface area contributed by atoms with Crippen molar-refractivity contribution in [1.29, 1.82) is 0 Å². The SMILES string of the molecule is C=CCCCCOc1cccc(OCCCCC=C)c1B1O[C@@H]2C3[C@@H]4OB(c5c(OCCCCC=C)cccc5OCCCCC=C)O[C@@H]4C([C@H]4OB(c5c(OCCCCC=C)cccc5OCCCCC=C)O[C@@H]34)[C@@H]2O1. The minimum atomic E-state index is -0.820. The van der Waals surface area contributed by atoms with Crippen LogP contribution in [-0.2, 0) is 27.9 Å². The summed E-state index contributed by atoms with van der Waals surface area (Å²) in [7, 11) is -2.46. The standard InChI is InChI=1S/C62H83B3O12/c1-7-13-19-25-40-66-46-34-31-35-47(67-41-26-20-14-8-2)54(46)63-72-57-52-59-60(75-64(74-59)55-48(68-42-27-21-15-9-3)36-32-37-49(55)69-43-28-22-16-10-4)53(58(57)73-63)62-61(52)76-65(77-62)56-50(70-44-29-23-17-11-5)38-33-39-51(56)71-45-30-24-18-12-6/h7-12,31-39,52-53,57-62H,1-6,13-30,40-45H2/t52?,53?,57-,58+,59-,60+,61+,62-. The summed E-state index contributed by atoms with van der Waals surface area (Å²) in [6.07, 6.45) is 25.4. The second kappa shape index (κ2) is 30.9. The number of ether oxygens (including phenoxy) is 6. The van der Waals surface area contributed by atoms with Gasteiger partial charge in [0.1, 0.15) is 34.5 Å². The van der Waals surface area contributed by atoms with Crippen LogP contribution in [0.1, 0.15) is 116 Å². The molecule has 12 nitrogen and oxygen atoms in total. The van der Waals surface area contributed by atoms with Crippen LogP contribution in [0.4, 0.5) is 0 Å². The van der Waals surface area contributed by atoms with E-state index in [-0.39, 0.29) is 0 Å². The fourth-order valence-corrected chi connectivity index (χ4v) is 11.3. The van der Waals surface area contributed by atoms with Gasteiger partial charge in [-0.05, 0) is 152 Å². The highest BCUT2D eigenvalue weighted by Crippen LogP contribution is 2.56. The van der Waals surface area contributed by atoms with Crippen molar-refractivity contribution in [3.8, 4) is 34.5 Å². The van der Waals surface area contributed by atoms with Gasteiger partial charge < -0.3 is 56.3 Å². The molecule has 6 fully saturated rings. The van der Waals surface area contributed by atoms with Gasteiger partial charge in [0.15, 0.2) is 0 Å². The maximum absolute atomic E-state index is 7.28. The Balaban J connectivity index is 1.13. The van der Waals surface area contributed by atoms with Gasteiger partial charge in [-0.25, -0.2) is 0 Å². The first-order chi connectivity index (χ1) is 38.0. The van der Waals surface area contributed by atoms with Crippen molar-refractivity contribution in [3.05, 3.63) is 131 Å². The normalized spacial score (nSPS) is 22.7. The molecule has 6 atom stereocenters. The van der Waals surface area contributed by atoms with Gasteiger partial charge in [0.25, 0.3) is 0 Å². The molecule has 9 rings (SSSR count). The molecule has 0 amide bonds. The molecule has 77 heavy (non-hydrogen) atoms.